The first-order valence-electron chi connectivity index (χ1n) is 17.8. The summed E-state index contributed by atoms with van der Waals surface area (Å²) in [6.45, 7) is 4.70. The zero-order valence-corrected chi connectivity index (χ0v) is 28.7. The van der Waals surface area contributed by atoms with Crippen molar-refractivity contribution in [3.8, 4) is 39.1 Å². The van der Waals surface area contributed by atoms with Crippen LogP contribution in [0, 0.1) is 0 Å². The van der Waals surface area contributed by atoms with Gasteiger partial charge in [-0.15, -0.1) is 0 Å². The van der Waals surface area contributed by atoms with Crippen molar-refractivity contribution in [1.82, 2.24) is 4.57 Å². The molecule has 8 aromatic carbocycles. The van der Waals surface area contributed by atoms with Crippen molar-refractivity contribution in [2.45, 2.75) is 19.3 Å². The fraction of sp³-hybridized carbons (Fsp3) is 0.0612. The van der Waals surface area contributed by atoms with Gasteiger partial charge in [0.05, 0.1) is 11.0 Å². The molecule has 1 aliphatic rings. The van der Waals surface area contributed by atoms with Crippen molar-refractivity contribution in [2.24, 2.45) is 0 Å². The van der Waals surface area contributed by atoms with Gasteiger partial charge in [0.1, 0.15) is 0 Å². The lowest BCUT2D eigenvalue weighted by Gasteiger charge is -2.22. The number of hydrogen-bond acceptors (Lipinski definition) is 1. The molecule has 1 aromatic heterocycles. The van der Waals surface area contributed by atoms with E-state index in [0.717, 1.165) is 17.1 Å². The normalized spacial score (nSPS) is 13.1. The first-order chi connectivity index (χ1) is 25.0. The van der Waals surface area contributed by atoms with E-state index in [1.165, 1.54) is 77.1 Å². The fourth-order valence-electron chi connectivity index (χ4n) is 8.30. The number of para-hydroxylation sites is 1. The Bertz CT molecular complexity index is 2780. The Labute approximate surface area is 298 Å². The van der Waals surface area contributed by atoms with Gasteiger partial charge in [-0.1, -0.05) is 123 Å². The SMILES string of the molecule is CC1(C)c2ccccc2-c2ccc(-c3ccc4c(c3)c3cc(Nc5ccc(-c6ccc7ccccc7c6)cc5)ccc3n4-c3ccccc3)cc21. The quantitative estimate of drug-likeness (QED) is 0.196. The van der Waals surface area contributed by atoms with E-state index < -0.39 is 0 Å². The third-order valence-electron chi connectivity index (χ3n) is 11.0. The van der Waals surface area contributed by atoms with Gasteiger partial charge < -0.3 is 9.88 Å². The van der Waals surface area contributed by atoms with Crippen LogP contribution in [0.5, 0.6) is 0 Å². The number of anilines is 2. The van der Waals surface area contributed by atoms with E-state index in [9.17, 15) is 0 Å². The summed E-state index contributed by atoms with van der Waals surface area (Å²) in [4.78, 5) is 0. The van der Waals surface area contributed by atoms with Crippen LogP contribution in [-0.2, 0) is 5.41 Å². The summed E-state index contributed by atoms with van der Waals surface area (Å²) >= 11 is 0. The predicted molar refractivity (Wildman–Crippen MR) is 216 cm³/mol. The lowest BCUT2D eigenvalue weighted by atomic mass is 9.81. The molecule has 2 heteroatoms. The number of fused-ring (bicyclic) bond motifs is 7. The van der Waals surface area contributed by atoms with Crippen LogP contribution in [0.3, 0.4) is 0 Å². The van der Waals surface area contributed by atoms with Crippen LogP contribution in [0.4, 0.5) is 11.4 Å². The van der Waals surface area contributed by atoms with Crippen molar-refractivity contribution in [3.05, 3.63) is 187 Å². The van der Waals surface area contributed by atoms with Gasteiger partial charge in [-0.2, -0.15) is 0 Å². The third kappa shape index (κ3) is 4.79. The van der Waals surface area contributed by atoms with Crippen LogP contribution in [0.1, 0.15) is 25.0 Å². The minimum absolute atomic E-state index is 0.0381. The van der Waals surface area contributed by atoms with Gasteiger partial charge in [0.15, 0.2) is 0 Å². The molecule has 0 fully saturated rings. The molecule has 51 heavy (non-hydrogen) atoms. The smallest absolute Gasteiger partial charge is 0.0542 e. The molecule has 0 aliphatic heterocycles. The van der Waals surface area contributed by atoms with E-state index in [0.29, 0.717) is 0 Å². The minimum atomic E-state index is -0.0381. The van der Waals surface area contributed by atoms with E-state index >= 15 is 0 Å². The van der Waals surface area contributed by atoms with Crippen molar-refractivity contribution < 1.29 is 0 Å². The van der Waals surface area contributed by atoms with Gasteiger partial charge in [-0.3, -0.25) is 0 Å². The highest BCUT2D eigenvalue weighted by atomic mass is 15.0. The Morgan fingerprint density at radius 3 is 1.84 bits per heavy atom. The van der Waals surface area contributed by atoms with Gasteiger partial charge in [0.2, 0.25) is 0 Å². The predicted octanol–water partition coefficient (Wildman–Crippen LogP) is 13.3. The highest BCUT2D eigenvalue weighted by Gasteiger charge is 2.35. The molecule has 1 aliphatic carbocycles. The Morgan fingerprint density at radius 1 is 0.412 bits per heavy atom. The summed E-state index contributed by atoms with van der Waals surface area (Å²) in [7, 11) is 0. The molecule has 2 nitrogen and oxygen atoms in total. The Kier molecular flexibility index (Phi) is 6.56. The highest BCUT2D eigenvalue weighted by Crippen LogP contribution is 2.49. The first-order valence-corrected chi connectivity index (χ1v) is 17.8. The summed E-state index contributed by atoms with van der Waals surface area (Å²) in [6.07, 6.45) is 0. The number of benzene rings is 8. The van der Waals surface area contributed by atoms with Crippen LogP contribution >= 0.6 is 0 Å². The maximum absolute atomic E-state index is 3.70. The summed E-state index contributed by atoms with van der Waals surface area (Å²) in [5, 5.41) is 8.69. The van der Waals surface area contributed by atoms with E-state index in [2.05, 4.69) is 200 Å². The second-order valence-corrected chi connectivity index (χ2v) is 14.3. The summed E-state index contributed by atoms with van der Waals surface area (Å²) < 4.78 is 2.39. The number of nitrogens with zero attached hydrogens (tertiary/aromatic N) is 1. The lowest BCUT2D eigenvalue weighted by Crippen LogP contribution is -2.14. The third-order valence-corrected chi connectivity index (χ3v) is 11.0. The standard InChI is InChI=1S/C49H36N2/c1-49(2)45-15-9-8-14-41(45)42-25-20-37(30-46(42)49)36-21-26-47-43(29-36)44-31-39(24-27-48(44)51(47)40-12-4-3-5-13-40)50-38-22-18-33(19-23-38)35-17-16-32-10-6-7-11-34(32)28-35/h3-31,50H,1-2H3. The number of hydrogen-bond donors (Lipinski definition) is 1. The number of aromatic nitrogens is 1. The van der Waals surface area contributed by atoms with Crippen molar-refractivity contribution in [1.29, 1.82) is 0 Å². The number of rotatable bonds is 5. The molecular weight excluding hydrogens is 617 g/mol. The summed E-state index contributed by atoms with van der Waals surface area (Å²) in [5.41, 5.74) is 16.1. The summed E-state index contributed by atoms with van der Waals surface area (Å²) in [6, 6.07) is 64.3. The number of nitrogens with one attached hydrogen (secondary N) is 1. The van der Waals surface area contributed by atoms with Gasteiger partial charge in [-0.25, -0.2) is 0 Å². The van der Waals surface area contributed by atoms with Crippen LogP contribution in [-0.4, -0.2) is 4.57 Å². The van der Waals surface area contributed by atoms with E-state index in [-0.39, 0.29) is 5.41 Å². The van der Waals surface area contributed by atoms with Crippen molar-refractivity contribution in [2.75, 3.05) is 5.32 Å². The van der Waals surface area contributed by atoms with Gasteiger partial charge in [0.25, 0.3) is 0 Å². The Morgan fingerprint density at radius 2 is 1.00 bits per heavy atom. The zero-order valence-electron chi connectivity index (χ0n) is 28.7. The maximum Gasteiger partial charge on any atom is 0.0542 e. The lowest BCUT2D eigenvalue weighted by molar-refractivity contribution is 0.660. The molecule has 1 heterocycles. The van der Waals surface area contributed by atoms with Crippen LogP contribution in [0.2, 0.25) is 0 Å². The first kappa shape index (κ1) is 29.5. The molecule has 1 N–H and O–H groups in total. The van der Waals surface area contributed by atoms with E-state index in [1.807, 2.05) is 0 Å². The van der Waals surface area contributed by atoms with Crippen LogP contribution < -0.4 is 5.32 Å². The van der Waals surface area contributed by atoms with Crippen molar-refractivity contribution >= 4 is 44.0 Å². The molecule has 0 unspecified atom stereocenters. The topological polar surface area (TPSA) is 17.0 Å². The van der Waals surface area contributed by atoms with E-state index in [4.69, 9.17) is 0 Å². The zero-order chi connectivity index (χ0) is 34.1. The molecule has 0 atom stereocenters. The molecule has 0 radical (unpaired) electrons. The molecule has 0 bridgehead atoms. The second-order valence-electron chi connectivity index (χ2n) is 14.3. The average molecular weight is 653 g/mol. The molecule has 0 amide bonds. The van der Waals surface area contributed by atoms with Crippen LogP contribution in [0.15, 0.2) is 176 Å². The molecule has 9 aromatic rings. The largest absolute Gasteiger partial charge is 0.356 e. The van der Waals surface area contributed by atoms with Crippen molar-refractivity contribution in [3.63, 3.8) is 0 Å². The molecule has 242 valence electrons. The van der Waals surface area contributed by atoms with E-state index in [1.54, 1.807) is 0 Å². The van der Waals surface area contributed by atoms with Gasteiger partial charge in [0, 0.05) is 33.2 Å². The maximum atomic E-state index is 3.70. The Hall–Kier alpha value is -6.38. The fourth-order valence-corrected chi connectivity index (χ4v) is 8.30. The Balaban J connectivity index is 1.05. The molecule has 0 saturated carbocycles. The van der Waals surface area contributed by atoms with Gasteiger partial charge >= 0.3 is 0 Å². The average Bonchev–Trinajstić information content (AvgIpc) is 3.62. The van der Waals surface area contributed by atoms with Crippen LogP contribution in [0.25, 0.3) is 71.6 Å². The van der Waals surface area contributed by atoms with Gasteiger partial charge in [-0.05, 0) is 122 Å². The monoisotopic (exact) mass is 652 g/mol. The summed E-state index contributed by atoms with van der Waals surface area (Å²) in [5.74, 6) is 0. The molecule has 0 spiro atoms. The molecular formula is C49H36N2. The molecule has 10 rings (SSSR count). The second kappa shape index (κ2) is 11.3. The minimum Gasteiger partial charge on any atom is -0.356 e. The molecule has 0 saturated heterocycles. The highest BCUT2D eigenvalue weighted by molar-refractivity contribution is 6.11.